The van der Waals surface area contributed by atoms with Gasteiger partial charge in [-0.3, -0.25) is 19.2 Å². The number of carbonyl (C=O) groups excluding carboxylic acids is 3. The quantitative estimate of drug-likeness (QED) is 0.295. The topological polar surface area (TPSA) is 157 Å². The molecule has 0 unspecified atom stereocenters. The van der Waals surface area contributed by atoms with Crippen LogP contribution in [0.3, 0.4) is 0 Å². The fourth-order valence-corrected chi connectivity index (χ4v) is 1.29. The minimum absolute atomic E-state index is 0.0563. The van der Waals surface area contributed by atoms with Gasteiger partial charge >= 0.3 is 12.1 Å². The van der Waals surface area contributed by atoms with E-state index in [1.165, 1.54) is 19.9 Å². The molecule has 24 heavy (non-hydrogen) atoms. The van der Waals surface area contributed by atoms with Crippen molar-refractivity contribution >= 4 is 23.9 Å². The Bertz CT molecular complexity index is 491. The van der Waals surface area contributed by atoms with Crippen molar-refractivity contribution in [2.24, 2.45) is 11.1 Å². The molecule has 0 fully saturated rings. The van der Waals surface area contributed by atoms with Crippen LogP contribution in [0.15, 0.2) is 12.7 Å². The summed E-state index contributed by atoms with van der Waals surface area (Å²) in [7, 11) is 0. The highest BCUT2D eigenvalue weighted by atomic mass is 16.7. The van der Waals surface area contributed by atoms with Crippen molar-refractivity contribution in [2.75, 3.05) is 13.2 Å². The van der Waals surface area contributed by atoms with Gasteiger partial charge < -0.3 is 20.9 Å². The number of carboxylic acid groups (broad SMARTS) is 1. The second-order valence-electron chi connectivity index (χ2n) is 5.53. The number of carbonyl (C=O) groups is 4. The van der Waals surface area contributed by atoms with Crippen molar-refractivity contribution < 1.29 is 33.9 Å². The third-order valence-electron chi connectivity index (χ3n) is 2.80. The molecular formula is C14H23N3O7. The van der Waals surface area contributed by atoms with Crippen LogP contribution in [0, 0.1) is 5.41 Å². The molecule has 3 amide bonds. The molecular weight excluding hydrogens is 322 g/mol. The van der Waals surface area contributed by atoms with E-state index in [0.29, 0.717) is 0 Å². The Kier molecular flexibility index (Phi) is 9.10. The van der Waals surface area contributed by atoms with Crippen LogP contribution in [0.1, 0.15) is 26.7 Å². The molecule has 0 saturated heterocycles. The number of hydrogen-bond donors (Lipinski definition) is 4. The molecule has 0 rings (SSSR count). The smallest absolute Gasteiger partial charge is 0.408 e. The van der Waals surface area contributed by atoms with Gasteiger partial charge in [-0.15, -0.1) is 0 Å². The van der Waals surface area contributed by atoms with E-state index in [1.807, 2.05) is 5.48 Å². The third kappa shape index (κ3) is 8.73. The zero-order chi connectivity index (χ0) is 18.8. The summed E-state index contributed by atoms with van der Waals surface area (Å²) >= 11 is 0. The average molecular weight is 345 g/mol. The summed E-state index contributed by atoms with van der Waals surface area (Å²) in [4.78, 5) is 50.1. The van der Waals surface area contributed by atoms with E-state index < -0.39 is 35.3 Å². The number of aliphatic carboxylic acids is 1. The van der Waals surface area contributed by atoms with Gasteiger partial charge in [-0.05, 0) is 20.3 Å². The maximum atomic E-state index is 12.0. The van der Waals surface area contributed by atoms with Gasteiger partial charge in [-0.1, -0.05) is 12.7 Å². The molecule has 0 bridgehead atoms. The number of hydrogen-bond acceptors (Lipinski definition) is 6. The number of primary amides is 1. The van der Waals surface area contributed by atoms with E-state index >= 15 is 0 Å². The molecule has 0 saturated carbocycles. The molecule has 0 aromatic rings. The largest absolute Gasteiger partial charge is 0.481 e. The molecule has 136 valence electrons. The molecule has 0 spiro atoms. The van der Waals surface area contributed by atoms with E-state index in [2.05, 4.69) is 16.6 Å². The lowest BCUT2D eigenvalue weighted by Gasteiger charge is -2.21. The molecule has 10 heteroatoms. The molecule has 0 radical (unpaired) electrons. The first-order chi connectivity index (χ1) is 11.1. The van der Waals surface area contributed by atoms with Crippen molar-refractivity contribution in [2.45, 2.75) is 32.7 Å². The summed E-state index contributed by atoms with van der Waals surface area (Å²) in [5.41, 5.74) is 5.84. The van der Waals surface area contributed by atoms with Gasteiger partial charge in [0, 0.05) is 6.42 Å². The molecule has 0 aliphatic rings. The van der Waals surface area contributed by atoms with Crippen LogP contribution in [0.2, 0.25) is 0 Å². The fraction of sp³-hybridized carbons (Fsp3) is 0.571. The van der Waals surface area contributed by atoms with Gasteiger partial charge in [0.25, 0.3) is 5.91 Å². The predicted molar refractivity (Wildman–Crippen MR) is 82.4 cm³/mol. The molecule has 5 N–H and O–H groups in total. The number of nitrogens with two attached hydrogens (primary N) is 1. The van der Waals surface area contributed by atoms with E-state index in [-0.39, 0.29) is 26.1 Å². The average Bonchev–Trinajstić information content (AvgIpc) is 2.48. The Morgan fingerprint density at radius 2 is 1.96 bits per heavy atom. The summed E-state index contributed by atoms with van der Waals surface area (Å²) in [6.07, 6.45) is 0.233. The molecule has 0 aromatic heterocycles. The highest BCUT2D eigenvalue weighted by Gasteiger charge is 2.29. The van der Waals surface area contributed by atoms with E-state index in [9.17, 15) is 19.2 Å². The van der Waals surface area contributed by atoms with Crippen LogP contribution >= 0.6 is 0 Å². The Morgan fingerprint density at radius 1 is 1.33 bits per heavy atom. The number of ether oxygens (including phenoxy) is 1. The SMILES string of the molecule is C=CCOC(=O)N[C@@H](CCC(N)=O)C(=O)NOCC(C)(C)C(=O)O. The Labute approximate surface area is 139 Å². The number of alkyl carbamates (subject to hydrolysis) is 1. The minimum Gasteiger partial charge on any atom is -0.481 e. The van der Waals surface area contributed by atoms with Crippen molar-refractivity contribution in [1.82, 2.24) is 10.8 Å². The molecule has 0 aromatic carbocycles. The summed E-state index contributed by atoms with van der Waals surface area (Å²) in [5, 5.41) is 11.2. The zero-order valence-electron chi connectivity index (χ0n) is 13.7. The summed E-state index contributed by atoms with van der Waals surface area (Å²) in [6, 6.07) is -1.14. The maximum Gasteiger partial charge on any atom is 0.408 e. The Balaban J connectivity index is 4.61. The first-order valence-corrected chi connectivity index (χ1v) is 7.07. The minimum atomic E-state index is -1.22. The number of rotatable bonds is 11. The summed E-state index contributed by atoms with van der Waals surface area (Å²) in [6.45, 7) is 5.85. The van der Waals surface area contributed by atoms with Gasteiger partial charge in [0.1, 0.15) is 12.6 Å². The van der Waals surface area contributed by atoms with Crippen molar-refractivity contribution in [1.29, 1.82) is 0 Å². The summed E-state index contributed by atoms with van der Waals surface area (Å²) < 4.78 is 4.69. The summed E-state index contributed by atoms with van der Waals surface area (Å²) in [5.74, 6) is -2.52. The van der Waals surface area contributed by atoms with Crippen molar-refractivity contribution in [3.05, 3.63) is 12.7 Å². The van der Waals surface area contributed by atoms with E-state index in [0.717, 1.165) is 0 Å². The molecule has 0 heterocycles. The number of amides is 3. The van der Waals surface area contributed by atoms with Crippen molar-refractivity contribution in [3.63, 3.8) is 0 Å². The van der Waals surface area contributed by atoms with Gasteiger partial charge in [0.05, 0.1) is 12.0 Å². The maximum absolute atomic E-state index is 12.0. The number of nitrogens with one attached hydrogen (secondary N) is 2. The van der Waals surface area contributed by atoms with Crippen LogP contribution in [-0.4, -0.2) is 48.2 Å². The van der Waals surface area contributed by atoms with Crippen LogP contribution in [-0.2, 0) is 24.0 Å². The Morgan fingerprint density at radius 3 is 2.46 bits per heavy atom. The molecule has 10 nitrogen and oxygen atoms in total. The second kappa shape index (κ2) is 10.2. The zero-order valence-corrected chi connectivity index (χ0v) is 13.7. The van der Waals surface area contributed by atoms with Crippen LogP contribution in [0.25, 0.3) is 0 Å². The van der Waals surface area contributed by atoms with Gasteiger partial charge in [-0.2, -0.15) is 0 Å². The van der Waals surface area contributed by atoms with E-state index in [4.69, 9.17) is 15.7 Å². The van der Waals surface area contributed by atoms with E-state index in [1.54, 1.807) is 0 Å². The van der Waals surface area contributed by atoms with Gasteiger partial charge in [0.15, 0.2) is 0 Å². The Hall–Kier alpha value is -2.62. The third-order valence-corrected chi connectivity index (χ3v) is 2.80. The van der Waals surface area contributed by atoms with Gasteiger partial charge in [0.2, 0.25) is 5.91 Å². The number of hydroxylamine groups is 1. The lowest BCUT2D eigenvalue weighted by Crippen LogP contribution is -2.48. The van der Waals surface area contributed by atoms with Crippen LogP contribution < -0.4 is 16.5 Å². The van der Waals surface area contributed by atoms with Crippen LogP contribution in [0.4, 0.5) is 4.79 Å². The first-order valence-electron chi connectivity index (χ1n) is 7.07. The lowest BCUT2D eigenvalue weighted by atomic mass is 9.96. The standard InChI is InChI=1S/C14H23N3O7/c1-4-7-23-13(22)16-9(5-6-10(15)18)11(19)17-24-8-14(2,3)12(20)21/h4,9H,1,5-8H2,2-3H3,(H2,15,18)(H,16,22)(H,17,19)(H,20,21)/t9-/m0/s1. The monoisotopic (exact) mass is 345 g/mol. The highest BCUT2D eigenvalue weighted by Crippen LogP contribution is 2.14. The van der Waals surface area contributed by atoms with Gasteiger partial charge in [-0.25, -0.2) is 10.3 Å². The molecule has 1 atom stereocenters. The van der Waals surface area contributed by atoms with Crippen LogP contribution in [0.5, 0.6) is 0 Å². The normalized spacial score (nSPS) is 11.9. The highest BCUT2D eigenvalue weighted by molar-refractivity contribution is 5.85. The second-order valence-corrected chi connectivity index (χ2v) is 5.53. The fourth-order valence-electron chi connectivity index (χ4n) is 1.29. The van der Waals surface area contributed by atoms with Crippen molar-refractivity contribution in [3.8, 4) is 0 Å². The predicted octanol–water partition coefficient (Wildman–Crippen LogP) is -0.309. The molecule has 0 aliphatic heterocycles. The number of carboxylic acids is 1. The lowest BCUT2D eigenvalue weighted by molar-refractivity contribution is -0.156. The molecule has 0 aliphatic carbocycles. The first kappa shape index (κ1) is 21.4.